The van der Waals surface area contributed by atoms with Crippen LogP contribution in [0.5, 0.6) is 0 Å². The fraction of sp³-hybridized carbons (Fsp3) is 0.0870. The van der Waals surface area contributed by atoms with Crippen molar-refractivity contribution in [2.45, 2.75) is 13.8 Å². The smallest absolute Gasteiger partial charge is 0.337 e. The maximum atomic E-state index is 12.5. The van der Waals surface area contributed by atoms with Gasteiger partial charge in [0.05, 0.1) is 10.6 Å². The fourth-order valence-corrected chi connectivity index (χ4v) is 3.51. The number of carboxylic acid groups (broad SMARTS) is 1. The van der Waals surface area contributed by atoms with Crippen molar-refractivity contribution < 1.29 is 14.7 Å². The van der Waals surface area contributed by atoms with E-state index in [0.29, 0.717) is 22.0 Å². The van der Waals surface area contributed by atoms with Gasteiger partial charge in [0.25, 0.3) is 5.91 Å². The van der Waals surface area contributed by atoms with Gasteiger partial charge in [-0.15, -0.1) is 0 Å². The molecule has 3 rings (SSSR count). The van der Waals surface area contributed by atoms with Gasteiger partial charge in [0.15, 0.2) is 0 Å². The van der Waals surface area contributed by atoms with Crippen LogP contribution < -0.4 is 5.32 Å². The molecule has 0 fully saturated rings. The summed E-state index contributed by atoms with van der Waals surface area (Å²) in [5.41, 5.74) is 3.25. The van der Waals surface area contributed by atoms with Gasteiger partial charge in [-0.25, -0.2) is 4.79 Å². The van der Waals surface area contributed by atoms with Gasteiger partial charge < -0.3 is 15.0 Å². The molecule has 0 atom stereocenters. The average molecular weight is 454 g/mol. The monoisotopic (exact) mass is 453 g/mol. The number of aromatic carboxylic acids is 1. The second kappa shape index (κ2) is 9.09. The van der Waals surface area contributed by atoms with Gasteiger partial charge in [-0.2, -0.15) is 5.26 Å². The first-order valence-electron chi connectivity index (χ1n) is 9.12. The van der Waals surface area contributed by atoms with Crippen molar-refractivity contribution in [3.8, 4) is 11.8 Å². The Hall–Kier alpha value is -3.53. The summed E-state index contributed by atoms with van der Waals surface area (Å²) in [4.78, 5) is 24.0. The first-order valence-corrected chi connectivity index (χ1v) is 9.87. The maximum Gasteiger partial charge on any atom is 0.337 e. The van der Waals surface area contributed by atoms with Crippen LogP contribution in [0, 0.1) is 25.2 Å². The Morgan fingerprint density at radius 1 is 1.10 bits per heavy atom. The molecule has 0 unspecified atom stereocenters. The SMILES string of the molecule is Cc1cc(/C=C(/C#N)C(=O)Nc2ccc(Cl)cc2)c(C)n1-c1ccc(Cl)c(C(=O)O)c1. The molecule has 156 valence electrons. The molecule has 0 radical (unpaired) electrons. The number of hydrogen-bond acceptors (Lipinski definition) is 3. The number of rotatable bonds is 5. The van der Waals surface area contributed by atoms with Crippen LogP contribution in [-0.4, -0.2) is 21.6 Å². The molecule has 6 nitrogen and oxygen atoms in total. The number of carboxylic acids is 1. The van der Waals surface area contributed by atoms with Gasteiger partial charge in [0.1, 0.15) is 11.6 Å². The summed E-state index contributed by atoms with van der Waals surface area (Å²) < 4.78 is 1.83. The maximum absolute atomic E-state index is 12.5. The third-order valence-corrected chi connectivity index (χ3v) is 5.26. The predicted octanol–water partition coefficient (Wildman–Crippen LogP) is 5.64. The number of anilines is 1. The van der Waals surface area contributed by atoms with Crippen molar-refractivity contribution in [3.63, 3.8) is 0 Å². The number of halogens is 2. The predicted molar refractivity (Wildman–Crippen MR) is 121 cm³/mol. The molecule has 0 saturated carbocycles. The van der Waals surface area contributed by atoms with Crippen LogP contribution in [-0.2, 0) is 4.79 Å². The molecule has 8 heteroatoms. The number of aromatic nitrogens is 1. The molecule has 3 aromatic rings. The molecule has 0 aliphatic carbocycles. The van der Waals surface area contributed by atoms with E-state index < -0.39 is 11.9 Å². The van der Waals surface area contributed by atoms with E-state index in [9.17, 15) is 20.0 Å². The highest BCUT2D eigenvalue weighted by atomic mass is 35.5. The lowest BCUT2D eigenvalue weighted by molar-refractivity contribution is -0.112. The quantitative estimate of drug-likeness (QED) is 0.385. The Morgan fingerprint density at radius 3 is 2.39 bits per heavy atom. The minimum atomic E-state index is -1.12. The number of nitrogens with one attached hydrogen (secondary N) is 1. The number of carbonyl (C=O) groups excluding carboxylic acids is 1. The van der Waals surface area contributed by atoms with Crippen LogP contribution in [0.15, 0.2) is 54.1 Å². The summed E-state index contributed by atoms with van der Waals surface area (Å²) in [5.74, 6) is -1.67. The molecule has 2 aromatic carbocycles. The number of benzene rings is 2. The van der Waals surface area contributed by atoms with Gasteiger partial charge in [-0.05, 0) is 74.0 Å². The van der Waals surface area contributed by atoms with Crippen molar-refractivity contribution in [1.82, 2.24) is 4.57 Å². The number of carbonyl (C=O) groups is 2. The zero-order valence-electron chi connectivity index (χ0n) is 16.6. The summed E-state index contributed by atoms with van der Waals surface area (Å²) in [6, 6.07) is 15.0. The van der Waals surface area contributed by atoms with Crippen molar-refractivity contribution in [1.29, 1.82) is 5.26 Å². The van der Waals surface area contributed by atoms with E-state index in [1.807, 2.05) is 30.6 Å². The Labute approximate surface area is 188 Å². The lowest BCUT2D eigenvalue weighted by Gasteiger charge is -2.11. The summed E-state index contributed by atoms with van der Waals surface area (Å²) in [5, 5.41) is 22.2. The molecule has 1 aromatic heterocycles. The van der Waals surface area contributed by atoms with Crippen molar-refractivity contribution in [2.24, 2.45) is 0 Å². The molecule has 0 saturated heterocycles. The Bertz CT molecular complexity index is 1250. The van der Waals surface area contributed by atoms with E-state index in [-0.39, 0.29) is 16.2 Å². The Morgan fingerprint density at radius 2 is 1.77 bits per heavy atom. The number of aryl methyl sites for hydroxylation is 1. The fourth-order valence-electron chi connectivity index (χ4n) is 3.18. The third-order valence-electron chi connectivity index (χ3n) is 4.68. The van der Waals surface area contributed by atoms with Gasteiger partial charge in [-0.3, -0.25) is 4.79 Å². The molecular formula is C23H17Cl2N3O3. The zero-order valence-corrected chi connectivity index (χ0v) is 18.1. The van der Waals surface area contributed by atoms with Gasteiger partial charge in [0, 0.05) is 27.8 Å². The van der Waals surface area contributed by atoms with Crippen LogP contribution in [0.25, 0.3) is 11.8 Å². The van der Waals surface area contributed by atoms with Crippen molar-refractivity contribution >= 4 is 46.8 Å². The molecule has 0 bridgehead atoms. The molecule has 0 aliphatic rings. The van der Waals surface area contributed by atoms with E-state index in [4.69, 9.17) is 23.2 Å². The molecule has 31 heavy (non-hydrogen) atoms. The van der Waals surface area contributed by atoms with Gasteiger partial charge >= 0.3 is 5.97 Å². The molecule has 2 N–H and O–H groups in total. The van der Waals surface area contributed by atoms with Crippen LogP contribution >= 0.6 is 23.2 Å². The lowest BCUT2D eigenvalue weighted by atomic mass is 10.1. The van der Waals surface area contributed by atoms with E-state index in [2.05, 4.69) is 5.32 Å². The average Bonchev–Trinajstić information content (AvgIpc) is 3.01. The zero-order chi connectivity index (χ0) is 22.7. The van der Waals surface area contributed by atoms with Crippen LogP contribution in [0.2, 0.25) is 10.0 Å². The first kappa shape index (κ1) is 22.2. The summed E-state index contributed by atoms with van der Waals surface area (Å²) in [6.45, 7) is 3.67. The molecule has 1 amide bonds. The number of nitrogens with zero attached hydrogens (tertiary/aromatic N) is 2. The van der Waals surface area contributed by atoms with E-state index in [0.717, 1.165) is 11.4 Å². The number of hydrogen-bond donors (Lipinski definition) is 2. The van der Waals surface area contributed by atoms with E-state index in [1.165, 1.54) is 18.2 Å². The standard InChI is InChI=1S/C23H17Cl2N3O3/c1-13-9-15(10-16(12-26)22(29)27-18-5-3-17(24)4-6-18)14(2)28(13)19-7-8-21(25)20(11-19)23(30)31/h3-11H,1-2H3,(H,27,29)(H,30,31)/b16-10-. The molecule has 1 heterocycles. The summed E-state index contributed by atoms with van der Waals surface area (Å²) in [7, 11) is 0. The molecular weight excluding hydrogens is 437 g/mol. The van der Waals surface area contributed by atoms with Gasteiger partial charge in [-0.1, -0.05) is 23.2 Å². The summed E-state index contributed by atoms with van der Waals surface area (Å²) in [6.07, 6.45) is 1.50. The van der Waals surface area contributed by atoms with Crippen molar-refractivity contribution in [3.05, 3.63) is 86.7 Å². The highest BCUT2D eigenvalue weighted by Gasteiger charge is 2.16. The van der Waals surface area contributed by atoms with Crippen LogP contribution in [0.1, 0.15) is 27.3 Å². The normalized spacial score (nSPS) is 11.1. The Kier molecular flexibility index (Phi) is 6.50. The number of amides is 1. The van der Waals surface area contributed by atoms with Crippen LogP contribution in [0.3, 0.4) is 0 Å². The van der Waals surface area contributed by atoms with E-state index in [1.54, 1.807) is 30.3 Å². The number of nitriles is 1. The largest absolute Gasteiger partial charge is 0.478 e. The second-order valence-electron chi connectivity index (χ2n) is 6.76. The highest BCUT2D eigenvalue weighted by molar-refractivity contribution is 6.33. The van der Waals surface area contributed by atoms with Crippen molar-refractivity contribution in [2.75, 3.05) is 5.32 Å². The highest BCUT2D eigenvalue weighted by Crippen LogP contribution is 2.26. The van der Waals surface area contributed by atoms with Crippen LogP contribution in [0.4, 0.5) is 5.69 Å². The first-order chi connectivity index (χ1) is 14.7. The third kappa shape index (κ3) is 4.80. The lowest BCUT2D eigenvalue weighted by Crippen LogP contribution is -2.13. The molecule has 0 spiro atoms. The Balaban J connectivity index is 1.97. The topological polar surface area (TPSA) is 95.1 Å². The van der Waals surface area contributed by atoms with Gasteiger partial charge in [0.2, 0.25) is 0 Å². The minimum absolute atomic E-state index is 0.0104. The second-order valence-corrected chi connectivity index (χ2v) is 7.61. The van der Waals surface area contributed by atoms with E-state index >= 15 is 0 Å². The summed E-state index contributed by atoms with van der Waals surface area (Å²) >= 11 is 11.8. The minimum Gasteiger partial charge on any atom is -0.478 e. The molecule has 0 aliphatic heterocycles.